The fourth-order valence-electron chi connectivity index (χ4n) is 3.78. The van der Waals surface area contributed by atoms with E-state index in [0.29, 0.717) is 11.3 Å². The van der Waals surface area contributed by atoms with E-state index < -0.39 is 0 Å². The van der Waals surface area contributed by atoms with Crippen LogP contribution in [0, 0.1) is 6.92 Å². The van der Waals surface area contributed by atoms with Crippen LogP contribution in [0.2, 0.25) is 0 Å². The van der Waals surface area contributed by atoms with Gasteiger partial charge >= 0.3 is 0 Å². The van der Waals surface area contributed by atoms with Crippen molar-refractivity contribution >= 4 is 33.5 Å². The zero-order chi connectivity index (χ0) is 21.4. The summed E-state index contributed by atoms with van der Waals surface area (Å²) >= 11 is 0. The first-order valence-corrected chi connectivity index (χ1v) is 9.90. The van der Waals surface area contributed by atoms with Gasteiger partial charge in [-0.2, -0.15) is 0 Å². The van der Waals surface area contributed by atoms with E-state index in [1.165, 1.54) is 6.33 Å². The first kappa shape index (κ1) is 18.8. The third-order valence-corrected chi connectivity index (χ3v) is 5.41. The van der Waals surface area contributed by atoms with Gasteiger partial charge in [0.25, 0.3) is 5.91 Å². The summed E-state index contributed by atoms with van der Waals surface area (Å²) < 4.78 is 5.21. The summed E-state index contributed by atoms with van der Waals surface area (Å²) in [4.78, 5) is 24.5. The average Bonchev–Trinajstić information content (AvgIpc) is 3.18. The highest BCUT2D eigenvalue weighted by Gasteiger charge is 2.11. The molecule has 6 heteroatoms. The summed E-state index contributed by atoms with van der Waals surface area (Å²) in [7, 11) is 1.58. The van der Waals surface area contributed by atoms with Gasteiger partial charge in [0.2, 0.25) is 0 Å². The molecule has 0 unspecified atom stereocenters. The molecule has 152 valence electrons. The maximum absolute atomic E-state index is 12.7. The maximum atomic E-state index is 12.7. The number of nitrogens with zero attached hydrogens (tertiary/aromatic N) is 2. The van der Waals surface area contributed by atoms with Gasteiger partial charge < -0.3 is 15.0 Å². The lowest BCUT2D eigenvalue weighted by atomic mass is 9.98. The number of carbonyl (C=O) groups is 1. The number of fused-ring (bicyclic) bond motifs is 3. The minimum absolute atomic E-state index is 0.182. The molecule has 2 aromatic heterocycles. The van der Waals surface area contributed by atoms with Crippen molar-refractivity contribution in [2.24, 2.45) is 0 Å². The van der Waals surface area contributed by atoms with Gasteiger partial charge in [0.05, 0.1) is 7.11 Å². The molecule has 2 N–H and O–H groups in total. The number of rotatable bonds is 4. The summed E-state index contributed by atoms with van der Waals surface area (Å²) in [5.74, 6) is 0.465. The predicted molar refractivity (Wildman–Crippen MR) is 123 cm³/mol. The van der Waals surface area contributed by atoms with Crippen molar-refractivity contribution in [3.63, 3.8) is 0 Å². The number of benzene rings is 3. The molecule has 0 fully saturated rings. The number of H-pyrrole nitrogens is 1. The number of amides is 1. The standard InChI is InChI=1S/C25H20N4O2/c1-15-6-8-18(28-25(30)17-4-3-5-19(10-17)31-2)12-21(15)16-7-9-20-22-13-26-14-27-24(22)29-23(20)11-16/h3-14H,1-2H3,(H,28,30)(H,26,27,29). The SMILES string of the molecule is COc1cccc(C(=O)Nc2ccc(C)c(-c3ccc4c(c3)[nH]c3ncncc34)c2)c1. The van der Waals surface area contributed by atoms with Crippen LogP contribution in [0.4, 0.5) is 5.69 Å². The van der Waals surface area contributed by atoms with E-state index in [1.54, 1.807) is 25.3 Å². The number of aromatic nitrogens is 3. The normalized spacial score (nSPS) is 11.0. The highest BCUT2D eigenvalue weighted by molar-refractivity contribution is 6.07. The van der Waals surface area contributed by atoms with Crippen LogP contribution < -0.4 is 10.1 Å². The zero-order valence-electron chi connectivity index (χ0n) is 17.1. The molecule has 31 heavy (non-hydrogen) atoms. The van der Waals surface area contributed by atoms with E-state index in [4.69, 9.17) is 4.74 Å². The van der Waals surface area contributed by atoms with Crippen molar-refractivity contribution in [3.8, 4) is 16.9 Å². The van der Waals surface area contributed by atoms with Gasteiger partial charge in [-0.1, -0.05) is 24.3 Å². The van der Waals surface area contributed by atoms with Crippen LogP contribution in [0.1, 0.15) is 15.9 Å². The first-order valence-electron chi connectivity index (χ1n) is 9.90. The number of aromatic amines is 1. The van der Waals surface area contributed by atoms with E-state index in [9.17, 15) is 4.79 Å². The number of nitrogens with one attached hydrogen (secondary N) is 2. The minimum Gasteiger partial charge on any atom is -0.497 e. The Balaban J connectivity index is 1.49. The van der Waals surface area contributed by atoms with Crippen LogP contribution in [0.25, 0.3) is 33.1 Å². The summed E-state index contributed by atoms with van der Waals surface area (Å²) in [5, 5.41) is 5.07. The lowest BCUT2D eigenvalue weighted by molar-refractivity contribution is 0.102. The molecule has 0 atom stereocenters. The molecule has 0 bridgehead atoms. The Hall–Kier alpha value is -4.19. The van der Waals surface area contributed by atoms with Gasteiger partial charge in [0.15, 0.2) is 0 Å². The van der Waals surface area contributed by atoms with Crippen LogP contribution in [0.15, 0.2) is 73.2 Å². The lowest BCUT2D eigenvalue weighted by Crippen LogP contribution is -2.12. The second kappa shape index (κ2) is 7.57. The monoisotopic (exact) mass is 408 g/mol. The number of hydrogen-bond donors (Lipinski definition) is 2. The second-order valence-corrected chi connectivity index (χ2v) is 7.39. The number of anilines is 1. The highest BCUT2D eigenvalue weighted by atomic mass is 16.5. The quantitative estimate of drug-likeness (QED) is 0.420. The Morgan fingerprint density at radius 1 is 1.03 bits per heavy atom. The van der Waals surface area contributed by atoms with E-state index in [2.05, 4.69) is 45.4 Å². The van der Waals surface area contributed by atoms with Crippen LogP contribution in [0.3, 0.4) is 0 Å². The van der Waals surface area contributed by atoms with Gasteiger partial charge in [-0.15, -0.1) is 0 Å². The molecule has 0 aliphatic carbocycles. The van der Waals surface area contributed by atoms with E-state index in [0.717, 1.165) is 44.3 Å². The van der Waals surface area contributed by atoms with Gasteiger partial charge in [0.1, 0.15) is 17.7 Å². The van der Waals surface area contributed by atoms with Gasteiger partial charge in [-0.25, -0.2) is 9.97 Å². The van der Waals surface area contributed by atoms with Crippen molar-refractivity contribution < 1.29 is 9.53 Å². The lowest BCUT2D eigenvalue weighted by Gasteiger charge is -2.11. The molecule has 0 saturated carbocycles. The van der Waals surface area contributed by atoms with Crippen LogP contribution in [0.5, 0.6) is 5.75 Å². The Bertz CT molecular complexity index is 1440. The molecule has 0 spiro atoms. The minimum atomic E-state index is -0.182. The Morgan fingerprint density at radius 3 is 2.81 bits per heavy atom. The largest absolute Gasteiger partial charge is 0.497 e. The Kier molecular flexibility index (Phi) is 4.59. The average molecular weight is 408 g/mol. The van der Waals surface area contributed by atoms with Gasteiger partial charge in [-0.3, -0.25) is 4.79 Å². The van der Waals surface area contributed by atoms with Crippen LogP contribution >= 0.6 is 0 Å². The van der Waals surface area contributed by atoms with Crippen molar-refractivity contribution in [3.05, 3.63) is 84.3 Å². The van der Waals surface area contributed by atoms with Gasteiger partial charge in [-0.05, 0) is 60.0 Å². The van der Waals surface area contributed by atoms with Crippen molar-refractivity contribution in [1.82, 2.24) is 15.0 Å². The third-order valence-electron chi connectivity index (χ3n) is 5.41. The molecule has 5 rings (SSSR count). The van der Waals surface area contributed by atoms with Crippen LogP contribution in [-0.4, -0.2) is 28.0 Å². The first-order chi connectivity index (χ1) is 15.1. The van der Waals surface area contributed by atoms with Crippen LogP contribution in [-0.2, 0) is 0 Å². The van der Waals surface area contributed by atoms with Gasteiger partial charge in [0, 0.05) is 33.7 Å². The summed E-state index contributed by atoms with van der Waals surface area (Å²) in [6.45, 7) is 2.06. The second-order valence-electron chi connectivity index (χ2n) is 7.39. The molecule has 1 amide bonds. The number of carbonyl (C=O) groups excluding carboxylic acids is 1. The maximum Gasteiger partial charge on any atom is 0.255 e. The van der Waals surface area contributed by atoms with Crippen molar-refractivity contribution in [1.29, 1.82) is 0 Å². The molecule has 2 heterocycles. The number of hydrogen-bond acceptors (Lipinski definition) is 4. The fourth-order valence-corrected chi connectivity index (χ4v) is 3.78. The molecule has 0 saturated heterocycles. The molecule has 0 aliphatic rings. The molecule has 3 aromatic carbocycles. The van der Waals surface area contributed by atoms with E-state index >= 15 is 0 Å². The molecule has 5 aromatic rings. The number of ether oxygens (including phenoxy) is 1. The number of aryl methyl sites for hydroxylation is 1. The predicted octanol–water partition coefficient (Wildman–Crippen LogP) is 5.35. The van der Waals surface area contributed by atoms with Crippen molar-refractivity contribution in [2.45, 2.75) is 6.92 Å². The smallest absolute Gasteiger partial charge is 0.255 e. The molecule has 6 nitrogen and oxygen atoms in total. The van der Waals surface area contributed by atoms with E-state index in [1.807, 2.05) is 30.5 Å². The number of methoxy groups -OCH3 is 1. The summed E-state index contributed by atoms with van der Waals surface area (Å²) in [6, 6.07) is 19.3. The topological polar surface area (TPSA) is 79.9 Å². The molecular weight excluding hydrogens is 388 g/mol. The molecular formula is C25H20N4O2. The van der Waals surface area contributed by atoms with Crippen molar-refractivity contribution in [2.75, 3.05) is 12.4 Å². The fraction of sp³-hybridized carbons (Fsp3) is 0.0800. The summed E-state index contributed by atoms with van der Waals surface area (Å²) in [5.41, 5.74) is 6.32. The molecule has 0 aliphatic heterocycles. The Morgan fingerprint density at radius 2 is 1.94 bits per heavy atom. The molecule has 0 radical (unpaired) electrons. The Labute approximate surface area is 178 Å². The third kappa shape index (κ3) is 3.48. The highest BCUT2D eigenvalue weighted by Crippen LogP contribution is 2.31. The summed E-state index contributed by atoms with van der Waals surface area (Å²) in [6.07, 6.45) is 3.36. The zero-order valence-corrected chi connectivity index (χ0v) is 17.1. The van der Waals surface area contributed by atoms with E-state index in [-0.39, 0.29) is 5.91 Å².